The molecule has 0 spiro atoms. The minimum Gasteiger partial charge on any atom is -0.497 e. The molecule has 0 radical (unpaired) electrons. The molecule has 2 heterocycles. The number of amides is 1. The van der Waals surface area contributed by atoms with Crippen LogP contribution in [0.15, 0.2) is 46.9 Å². The van der Waals surface area contributed by atoms with Gasteiger partial charge in [-0.1, -0.05) is 23.4 Å². The zero-order valence-electron chi connectivity index (χ0n) is 14.6. The lowest BCUT2D eigenvalue weighted by atomic mass is 10.1. The molecule has 0 aliphatic heterocycles. The van der Waals surface area contributed by atoms with E-state index in [9.17, 15) is 4.79 Å². The highest BCUT2D eigenvalue weighted by molar-refractivity contribution is 8.00. The summed E-state index contributed by atoms with van der Waals surface area (Å²) in [4.78, 5) is 20.8. The van der Waals surface area contributed by atoms with Gasteiger partial charge in [-0.05, 0) is 30.3 Å². The van der Waals surface area contributed by atoms with Crippen LogP contribution in [0.5, 0.6) is 11.5 Å². The number of hydrogen-bond donors (Lipinski definition) is 1. The number of pyridine rings is 1. The van der Waals surface area contributed by atoms with E-state index in [0.717, 1.165) is 5.56 Å². The molecule has 0 fully saturated rings. The third kappa shape index (κ3) is 4.91. The Balaban J connectivity index is 1.67. The molecular formula is C18H16ClN3O3S2. The molecule has 0 atom stereocenters. The second-order valence-electron chi connectivity index (χ2n) is 5.23. The van der Waals surface area contributed by atoms with E-state index in [-0.39, 0.29) is 11.7 Å². The zero-order valence-corrected chi connectivity index (χ0v) is 17.0. The molecule has 6 nitrogen and oxygen atoms in total. The van der Waals surface area contributed by atoms with Crippen LogP contribution in [0.1, 0.15) is 0 Å². The molecule has 1 aromatic carbocycles. The quantitative estimate of drug-likeness (QED) is 0.562. The SMILES string of the molecule is COc1ccc(OC)c(-c2csc(NC(=O)CSc3ncccc3Cl)n2)c1. The van der Waals surface area contributed by atoms with Gasteiger partial charge in [0.25, 0.3) is 0 Å². The molecule has 0 saturated heterocycles. The molecule has 0 bridgehead atoms. The first-order valence-electron chi connectivity index (χ1n) is 7.82. The maximum Gasteiger partial charge on any atom is 0.236 e. The van der Waals surface area contributed by atoms with Crippen LogP contribution >= 0.6 is 34.7 Å². The molecule has 9 heteroatoms. The Hall–Kier alpha value is -2.29. The Morgan fingerprint density at radius 1 is 1.30 bits per heavy atom. The molecule has 1 N–H and O–H groups in total. The average Bonchev–Trinajstić information content (AvgIpc) is 3.15. The van der Waals surface area contributed by atoms with Crippen molar-refractivity contribution < 1.29 is 14.3 Å². The summed E-state index contributed by atoms with van der Waals surface area (Å²) in [6.07, 6.45) is 1.64. The van der Waals surface area contributed by atoms with Crippen molar-refractivity contribution in [1.29, 1.82) is 0 Å². The number of anilines is 1. The Morgan fingerprint density at radius 2 is 2.15 bits per heavy atom. The van der Waals surface area contributed by atoms with Crippen LogP contribution in [0.4, 0.5) is 5.13 Å². The number of rotatable bonds is 7. The molecule has 0 aliphatic carbocycles. The zero-order chi connectivity index (χ0) is 19.2. The third-order valence-corrected chi connectivity index (χ3v) is 5.68. The lowest BCUT2D eigenvalue weighted by molar-refractivity contribution is -0.113. The maximum absolute atomic E-state index is 12.2. The van der Waals surface area contributed by atoms with Gasteiger partial charge in [0.2, 0.25) is 5.91 Å². The molecular weight excluding hydrogens is 406 g/mol. The van der Waals surface area contributed by atoms with Gasteiger partial charge in [-0.3, -0.25) is 4.79 Å². The summed E-state index contributed by atoms with van der Waals surface area (Å²) < 4.78 is 10.6. The number of hydrogen-bond acceptors (Lipinski definition) is 7. The highest BCUT2D eigenvalue weighted by Gasteiger charge is 2.13. The topological polar surface area (TPSA) is 73.3 Å². The fraction of sp³-hybridized carbons (Fsp3) is 0.167. The molecule has 140 valence electrons. The number of benzene rings is 1. The largest absolute Gasteiger partial charge is 0.497 e. The Kier molecular flexibility index (Phi) is 6.54. The molecule has 0 unspecified atom stereocenters. The number of nitrogens with one attached hydrogen (secondary N) is 1. The van der Waals surface area contributed by atoms with Gasteiger partial charge in [0.15, 0.2) is 5.13 Å². The van der Waals surface area contributed by atoms with E-state index >= 15 is 0 Å². The van der Waals surface area contributed by atoms with Crippen LogP contribution in [-0.4, -0.2) is 35.8 Å². The molecule has 1 amide bonds. The number of carbonyl (C=O) groups excluding carboxylic acids is 1. The second kappa shape index (κ2) is 9.07. The van der Waals surface area contributed by atoms with Crippen LogP contribution in [0.3, 0.4) is 0 Å². The fourth-order valence-corrected chi connectivity index (χ4v) is 3.93. The molecule has 0 saturated carbocycles. The highest BCUT2D eigenvalue weighted by Crippen LogP contribution is 2.35. The maximum atomic E-state index is 12.2. The van der Waals surface area contributed by atoms with Crippen molar-refractivity contribution in [3.63, 3.8) is 0 Å². The minimum absolute atomic E-state index is 0.180. The number of methoxy groups -OCH3 is 2. The lowest BCUT2D eigenvalue weighted by Crippen LogP contribution is -2.13. The smallest absolute Gasteiger partial charge is 0.236 e. The first-order valence-corrected chi connectivity index (χ1v) is 10.1. The van der Waals surface area contributed by atoms with Crippen LogP contribution in [0.2, 0.25) is 5.02 Å². The van der Waals surface area contributed by atoms with E-state index in [1.807, 2.05) is 23.6 Å². The van der Waals surface area contributed by atoms with E-state index in [4.69, 9.17) is 21.1 Å². The van der Waals surface area contributed by atoms with Crippen LogP contribution in [0, 0.1) is 0 Å². The highest BCUT2D eigenvalue weighted by atomic mass is 35.5. The lowest BCUT2D eigenvalue weighted by Gasteiger charge is -2.08. The molecule has 0 aliphatic rings. The summed E-state index contributed by atoms with van der Waals surface area (Å²) in [5.41, 5.74) is 1.50. The van der Waals surface area contributed by atoms with Crippen molar-refractivity contribution in [3.05, 3.63) is 46.9 Å². The van der Waals surface area contributed by atoms with Crippen LogP contribution in [-0.2, 0) is 4.79 Å². The van der Waals surface area contributed by atoms with Crippen molar-refractivity contribution in [2.45, 2.75) is 5.03 Å². The first-order chi connectivity index (χ1) is 13.1. The van der Waals surface area contributed by atoms with Gasteiger partial charge in [-0.25, -0.2) is 9.97 Å². The van der Waals surface area contributed by atoms with E-state index in [1.54, 1.807) is 32.5 Å². The normalized spacial score (nSPS) is 10.5. The van der Waals surface area contributed by atoms with Crippen LogP contribution < -0.4 is 14.8 Å². The molecule has 2 aromatic heterocycles. The Bertz CT molecular complexity index is 949. The summed E-state index contributed by atoms with van der Waals surface area (Å²) in [6.45, 7) is 0. The number of nitrogens with zero attached hydrogens (tertiary/aromatic N) is 2. The predicted octanol–water partition coefficient (Wildman–Crippen LogP) is 4.61. The van der Waals surface area contributed by atoms with E-state index < -0.39 is 0 Å². The number of aromatic nitrogens is 2. The summed E-state index contributed by atoms with van der Waals surface area (Å²) in [7, 11) is 3.20. The second-order valence-corrected chi connectivity index (χ2v) is 7.46. The molecule has 3 rings (SSSR count). The first kappa shape index (κ1) is 19.5. The number of thioether (sulfide) groups is 1. The Morgan fingerprint density at radius 3 is 2.89 bits per heavy atom. The van der Waals surface area contributed by atoms with Gasteiger partial charge < -0.3 is 14.8 Å². The van der Waals surface area contributed by atoms with Gasteiger partial charge >= 0.3 is 0 Å². The summed E-state index contributed by atoms with van der Waals surface area (Å²) in [6, 6.07) is 8.97. The van der Waals surface area contributed by atoms with E-state index in [1.165, 1.54) is 23.1 Å². The van der Waals surface area contributed by atoms with E-state index in [0.29, 0.717) is 32.4 Å². The summed E-state index contributed by atoms with van der Waals surface area (Å²) in [5.74, 6) is 1.39. The third-order valence-electron chi connectivity index (χ3n) is 3.50. The monoisotopic (exact) mass is 421 g/mol. The average molecular weight is 422 g/mol. The van der Waals surface area contributed by atoms with Crippen molar-refractivity contribution in [1.82, 2.24) is 9.97 Å². The molecule has 3 aromatic rings. The fourth-order valence-electron chi connectivity index (χ4n) is 2.24. The number of thiazole rings is 1. The van der Waals surface area contributed by atoms with Gasteiger partial charge in [-0.15, -0.1) is 11.3 Å². The summed E-state index contributed by atoms with van der Waals surface area (Å²) >= 11 is 8.66. The Labute approximate surface area is 169 Å². The number of halogens is 1. The molecule has 27 heavy (non-hydrogen) atoms. The number of carbonyl (C=O) groups is 1. The van der Waals surface area contributed by atoms with Crippen molar-refractivity contribution in [2.24, 2.45) is 0 Å². The van der Waals surface area contributed by atoms with Crippen LogP contribution in [0.25, 0.3) is 11.3 Å². The van der Waals surface area contributed by atoms with Gasteiger partial charge in [0.1, 0.15) is 16.5 Å². The van der Waals surface area contributed by atoms with Crippen molar-refractivity contribution >= 4 is 45.7 Å². The number of ether oxygens (including phenoxy) is 2. The van der Waals surface area contributed by atoms with Crippen molar-refractivity contribution in [3.8, 4) is 22.8 Å². The predicted molar refractivity (Wildman–Crippen MR) is 109 cm³/mol. The van der Waals surface area contributed by atoms with Crippen molar-refractivity contribution in [2.75, 3.05) is 25.3 Å². The van der Waals surface area contributed by atoms with Gasteiger partial charge in [0, 0.05) is 17.1 Å². The summed E-state index contributed by atoms with van der Waals surface area (Å²) in [5, 5.41) is 6.30. The van der Waals surface area contributed by atoms with Gasteiger partial charge in [-0.2, -0.15) is 0 Å². The minimum atomic E-state index is -0.180. The van der Waals surface area contributed by atoms with E-state index in [2.05, 4.69) is 15.3 Å². The standard InChI is InChI=1S/C18H16ClN3O3S2/c1-24-11-5-6-15(25-2)12(8-11)14-9-27-18(21-14)22-16(23)10-26-17-13(19)4-3-7-20-17/h3-9H,10H2,1-2H3,(H,21,22,23). The van der Waals surface area contributed by atoms with Gasteiger partial charge in [0.05, 0.1) is 30.7 Å².